The molecule has 2 atom stereocenters. The first-order valence-corrected chi connectivity index (χ1v) is 8.14. The lowest BCUT2D eigenvalue weighted by Gasteiger charge is -2.49. The molecule has 25 heavy (non-hydrogen) atoms. The molecule has 0 saturated carbocycles. The lowest BCUT2D eigenvalue weighted by atomic mass is 9.73. The second kappa shape index (κ2) is 6.44. The molecule has 3 rings (SSSR count). The predicted molar refractivity (Wildman–Crippen MR) is 89.7 cm³/mol. The van der Waals surface area contributed by atoms with Gasteiger partial charge in [0, 0.05) is 38.0 Å². The average molecular weight is 348 g/mol. The maximum Gasteiger partial charge on any atom is 0.251 e. The van der Waals surface area contributed by atoms with E-state index in [1.165, 1.54) is 22.6 Å². The Labute approximate surface area is 144 Å². The zero-order valence-electron chi connectivity index (χ0n) is 14.0. The van der Waals surface area contributed by atoms with Crippen LogP contribution in [0.2, 0.25) is 0 Å². The molecule has 2 aliphatic rings. The van der Waals surface area contributed by atoms with Crippen LogP contribution in [0.15, 0.2) is 29.7 Å². The molecule has 7 nitrogen and oxygen atoms in total. The minimum atomic E-state index is -1.24. The fraction of sp³-hybridized carbons (Fsp3) is 0.471. The summed E-state index contributed by atoms with van der Waals surface area (Å²) >= 11 is 0. The number of carbonyl (C=O) groups excluding carboxylic acids is 1. The van der Waals surface area contributed by atoms with Crippen LogP contribution >= 0.6 is 0 Å². The highest BCUT2D eigenvalue weighted by Gasteiger charge is 2.53. The summed E-state index contributed by atoms with van der Waals surface area (Å²) in [7, 11) is 1.50. The number of fused-ring (bicyclic) bond motifs is 1. The van der Waals surface area contributed by atoms with Gasteiger partial charge in [-0.05, 0) is 12.8 Å². The quantitative estimate of drug-likeness (QED) is 0.788. The average Bonchev–Trinajstić information content (AvgIpc) is 2.60. The van der Waals surface area contributed by atoms with Crippen LogP contribution in [-0.2, 0) is 21.6 Å². The van der Waals surface area contributed by atoms with Gasteiger partial charge >= 0.3 is 0 Å². The number of halogens is 1. The minimum absolute atomic E-state index is 0.0205. The number of ether oxygens (including phenoxy) is 1. The second-order valence-corrected chi connectivity index (χ2v) is 6.38. The number of allylic oxidation sites excluding steroid dienone is 1. The van der Waals surface area contributed by atoms with E-state index in [1.807, 2.05) is 0 Å². The highest BCUT2D eigenvalue weighted by Crippen LogP contribution is 2.39. The molecule has 2 aliphatic heterocycles. The number of aryl methyl sites for hydroxylation is 1. The van der Waals surface area contributed by atoms with Crippen molar-refractivity contribution in [1.82, 2.24) is 14.8 Å². The van der Waals surface area contributed by atoms with Crippen molar-refractivity contribution in [3.63, 3.8) is 0 Å². The second-order valence-electron chi connectivity index (χ2n) is 6.38. The summed E-state index contributed by atoms with van der Waals surface area (Å²) in [5.74, 6) is -1.61. The molecule has 0 aromatic carbocycles. The van der Waals surface area contributed by atoms with Gasteiger partial charge in [0.05, 0.1) is 12.5 Å². The fourth-order valence-electron chi connectivity index (χ4n) is 3.50. The maximum atomic E-state index is 14.9. The van der Waals surface area contributed by atoms with Gasteiger partial charge < -0.3 is 14.6 Å². The summed E-state index contributed by atoms with van der Waals surface area (Å²) in [5.41, 5.74) is -1.53. The zero-order chi connectivity index (χ0) is 18.2. The van der Waals surface area contributed by atoms with Crippen LogP contribution in [-0.4, -0.2) is 41.6 Å². The fourth-order valence-corrected chi connectivity index (χ4v) is 3.50. The molecule has 0 spiro atoms. The SMILES string of the molecule is C=CCCn1cc(F)c([C@]23COCCC2C(=O)N(C)C(=N)N3)cc1=O. The molecule has 1 amide bonds. The summed E-state index contributed by atoms with van der Waals surface area (Å²) in [6.45, 7) is 4.32. The number of aromatic nitrogens is 1. The molecule has 2 saturated heterocycles. The van der Waals surface area contributed by atoms with Crippen molar-refractivity contribution >= 4 is 11.9 Å². The van der Waals surface area contributed by atoms with Crippen LogP contribution in [0.1, 0.15) is 18.4 Å². The molecule has 134 valence electrons. The summed E-state index contributed by atoms with van der Waals surface area (Å²) in [6.07, 6.45) is 3.74. The maximum absolute atomic E-state index is 14.9. The molecule has 0 aliphatic carbocycles. The normalized spacial score (nSPS) is 26.2. The number of rotatable bonds is 4. The van der Waals surface area contributed by atoms with Gasteiger partial charge in [-0.1, -0.05) is 6.08 Å². The van der Waals surface area contributed by atoms with Crippen LogP contribution in [0.4, 0.5) is 4.39 Å². The van der Waals surface area contributed by atoms with Crippen molar-refractivity contribution in [2.24, 2.45) is 5.92 Å². The van der Waals surface area contributed by atoms with E-state index in [2.05, 4.69) is 11.9 Å². The third-order valence-corrected chi connectivity index (χ3v) is 4.91. The molecular formula is C17H21FN4O3. The zero-order valence-corrected chi connectivity index (χ0v) is 14.0. The predicted octanol–water partition coefficient (Wildman–Crippen LogP) is 0.792. The lowest BCUT2D eigenvalue weighted by Crippen LogP contribution is -2.68. The van der Waals surface area contributed by atoms with Gasteiger partial charge in [0.2, 0.25) is 5.91 Å². The van der Waals surface area contributed by atoms with Crippen LogP contribution in [0.25, 0.3) is 0 Å². The Morgan fingerprint density at radius 1 is 1.56 bits per heavy atom. The van der Waals surface area contributed by atoms with Gasteiger partial charge in [-0.3, -0.25) is 19.9 Å². The third kappa shape index (κ3) is 2.76. The number of amides is 1. The van der Waals surface area contributed by atoms with E-state index in [-0.39, 0.29) is 29.6 Å². The highest BCUT2D eigenvalue weighted by molar-refractivity contribution is 6.00. The number of nitrogens with one attached hydrogen (secondary N) is 2. The van der Waals surface area contributed by atoms with Crippen molar-refractivity contribution in [3.05, 3.63) is 46.7 Å². The van der Waals surface area contributed by atoms with E-state index in [0.29, 0.717) is 26.0 Å². The van der Waals surface area contributed by atoms with E-state index in [1.54, 1.807) is 6.08 Å². The first-order valence-electron chi connectivity index (χ1n) is 8.14. The van der Waals surface area contributed by atoms with Crippen molar-refractivity contribution in [2.75, 3.05) is 20.3 Å². The third-order valence-electron chi connectivity index (χ3n) is 4.91. The van der Waals surface area contributed by atoms with E-state index < -0.39 is 17.3 Å². The molecule has 0 radical (unpaired) electrons. The lowest BCUT2D eigenvalue weighted by molar-refractivity contribution is -0.143. The van der Waals surface area contributed by atoms with Gasteiger partial charge in [0.25, 0.3) is 5.56 Å². The van der Waals surface area contributed by atoms with Crippen molar-refractivity contribution in [3.8, 4) is 0 Å². The monoisotopic (exact) mass is 348 g/mol. The Morgan fingerprint density at radius 3 is 3.04 bits per heavy atom. The number of pyridine rings is 1. The number of hydrogen-bond acceptors (Lipinski definition) is 4. The first kappa shape index (κ1) is 17.3. The van der Waals surface area contributed by atoms with E-state index in [0.717, 1.165) is 6.20 Å². The Kier molecular flexibility index (Phi) is 4.47. The topological polar surface area (TPSA) is 87.4 Å². The van der Waals surface area contributed by atoms with Crippen molar-refractivity contribution in [2.45, 2.75) is 24.9 Å². The molecule has 3 heterocycles. The van der Waals surface area contributed by atoms with Crippen molar-refractivity contribution in [1.29, 1.82) is 5.41 Å². The Morgan fingerprint density at radius 2 is 2.32 bits per heavy atom. The van der Waals surface area contributed by atoms with Gasteiger partial charge in [-0.2, -0.15) is 0 Å². The van der Waals surface area contributed by atoms with Gasteiger partial charge in [0.1, 0.15) is 11.4 Å². The Balaban J connectivity index is 2.10. The van der Waals surface area contributed by atoms with E-state index >= 15 is 0 Å². The summed E-state index contributed by atoms with van der Waals surface area (Å²) in [5, 5.41) is 10.9. The van der Waals surface area contributed by atoms with E-state index in [9.17, 15) is 14.0 Å². The number of carbonyl (C=O) groups is 1. The Bertz CT molecular complexity index is 791. The number of nitrogens with zero attached hydrogens (tertiary/aromatic N) is 2. The van der Waals surface area contributed by atoms with Crippen LogP contribution in [0, 0.1) is 17.1 Å². The van der Waals surface area contributed by atoms with Crippen LogP contribution in [0.3, 0.4) is 0 Å². The van der Waals surface area contributed by atoms with Crippen LogP contribution < -0.4 is 10.9 Å². The van der Waals surface area contributed by atoms with E-state index in [4.69, 9.17) is 10.1 Å². The molecule has 2 fully saturated rings. The van der Waals surface area contributed by atoms with Gasteiger partial charge in [-0.25, -0.2) is 4.39 Å². The molecule has 0 bridgehead atoms. The largest absolute Gasteiger partial charge is 0.379 e. The van der Waals surface area contributed by atoms with Gasteiger partial charge in [-0.15, -0.1) is 6.58 Å². The molecule has 1 aromatic heterocycles. The summed E-state index contributed by atoms with van der Waals surface area (Å²) in [4.78, 5) is 26.2. The number of hydrogen-bond donors (Lipinski definition) is 2. The van der Waals surface area contributed by atoms with Gasteiger partial charge in [0.15, 0.2) is 5.96 Å². The molecule has 1 aromatic rings. The molecular weight excluding hydrogens is 327 g/mol. The summed E-state index contributed by atoms with van der Waals surface area (Å²) < 4.78 is 21.7. The molecule has 2 N–H and O–H groups in total. The standard InChI is InChI=1S/C17H21FN4O3/c1-3-4-6-22-9-13(18)12(8-14(22)23)17-10-25-7-5-11(17)15(24)21(2)16(19)20-17/h3,8-9,11H,1,4-7,10H2,2H3,(H2,19,20)/t11?,17-/m0/s1. The Hall–Kier alpha value is -2.48. The smallest absolute Gasteiger partial charge is 0.251 e. The minimum Gasteiger partial charge on any atom is -0.379 e. The van der Waals surface area contributed by atoms with Crippen LogP contribution in [0.5, 0.6) is 0 Å². The molecule has 1 unspecified atom stereocenters. The number of guanidine groups is 1. The van der Waals surface area contributed by atoms with Crippen molar-refractivity contribution < 1.29 is 13.9 Å². The molecule has 8 heteroatoms. The highest BCUT2D eigenvalue weighted by atomic mass is 19.1. The first-order chi connectivity index (χ1) is 11.9. The summed E-state index contributed by atoms with van der Waals surface area (Å²) in [6, 6.07) is 1.21.